The number of ether oxygens (including phenoxy) is 1. The number of nitrogens with zero attached hydrogens (tertiary/aromatic N) is 2. The minimum absolute atomic E-state index is 0.303. The molecule has 0 unspecified atom stereocenters. The number of hydrogen-bond donors (Lipinski definition) is 0. The highest BCUT2D eigenvalue weighted by Crippen LogP contribution is 2.26. The lowest BCUT2D eigenvalue weighted by molar-refractivity contribution is 0.376. The summed E-state index contributed by atoms with van der Waals surface area (Å²) in [5.74, 6) is 0.149. The van der Waals surface area contributed by atoms with Crippen LogP contribution in [0.2, 0.25) is 0 Å². The van der Waals surface area contributed by atoms with Gasteiger partial charge in [-0.1, -0.05) is 6.07 Å². The molecule has 0 bridgehead atoms. The van der Waals surface area contributed by atoms with Gasteiger partial charge in [0, 0.05) is 7.05 Å². The van der Waals surface area contributed by atoms with Gasteiger partial charge in [0.1, 0.15) is 5.82 Å². The molecule has 2 aromatic rings. The van der Waals surface area contributed by atoms with Crippen molar-refractivity contribution in [1.82, 2.24) is 9.78 Å². The van der Waals surface area contributed by atoms with Crippen molar-refractivity contribution in [3.8, 4) is 5.88 Å². The first-order valence-corrected chi connectivity index (χ1v) is 3.89. The first kappa shape index (κ1) is 8.04. The Kier molecular flexibility index (Phi) is 1.69. The predicted molar refractivity (Wildman–Crippen MR) is 47.2 cm³/mol. The van der Waals surface area contributed by atoms with Crippen LogP contribution in [0, 0.1) is 5.82 Å². The summed E-state index contributed by atoms with van der Waals surface area (Å²) in [4.78, 5) is 0. The van der Waals surface area contributed by atoms with Crippen molar-refractivity contribution >= 4 is 10.9 Å². The van der Waals surface area contributed by atoms with Gasteiger partial charge in [0.05, 0.1) is 18.0 Å². The van der Waals surface area contributed by atoms with E-state index in [1.165, 1.54) is 17.9 Å². The summed E-state index contributed by atoms with van der Waals surface area (Å²) < 4.78 is 19.9. The number of aryl methyl sites for hydroxylation is 1. The monoisotopic (exact) mass is 180 g/mol. The summed E-state index contributed by atoms with van der Waals surface area (Å²) in [6.45, 7) is 0. The molecule has 1 heterocycles. The lowest BCUT2D eigenvalue weighted by Crippen LogP contribution is -1.94. The van der Waals surface area contributed by atoms with E-state index in [2.05, 4.69) is 5.10 Å². The van der Waals surface area contributed by atoms with Gasteiger partial charge < -0.3 is 4.74 Å². The van der Waals surface area contributed by atoms with Gasteiger partial charge in [-0.05, 0) is 12.1 Å². The quantitative estimate of drug-likeness (QED) is 0.668. The standard InChI is InChI=1S/C9H9FN2O/c1-12-9(13-2)8-6(10)4-3-5-7(8)11-12/h3-5H,1-2H3. The first-order chi connectivity index (χ1) is 6.24. The maximum absolute atomic E-state index is 13.3. The Morgan fingerprint density at radius 1 is 1.46 bits per heavy atom. The number of halogens is 1. The van der Waals surface area contributed by atoms with Crippen LogP contribution in [-0.2, 0) is 7.05 Å². The Labute approximate surface area is 74.7 Å². The Bertz CT molecular complexity index is 450. The molecule has 0 saturated heterocycles. The van der Waals surface area contributed by atoms with E-state index >= 15 is 0 Å². The van der Waals surface area contributed by atoms with Crippen molar-refractivity contribution in [3.05, 3.63) is 24.0 Å². The molecule has 1 aromatic heterocycles. The third-order valence-corrected chi connectivity index (χ3v) is 1.95. The maximum Gasteiger partial charge on any atom is 0.222 e. The second-order valence-corrected chi connectivity index (χ2v) is 2.77. The topological polar surface area (TPSA) is 27.1 Å². The largest absolute Gasteiger partial charge is 0.481 e. The van der Waals surface area contributed by atoms with Crippen LogP contribution in [0.5, 0.6) is 5.88 Å². The number of hydrogen-bond acceptors (Lipinski definition) is 2. The van der Waals surface area contributed by atoms with Gasteiger partial charge in [0.15, 0.2) is 0 Å². The summed E-state index contributed by atoms with van der Waals surface area (Å²) >= 11 is 0. The SMILES string of the molecule is COc1c2c(F)cccc2nn1C. The number of rotatable bonds is 1. The molecular weight excluding hydrogens is 171 g/mol. The molecule has 0 fully saturated rings. The molecular formula is C9H9FN2O. The molecule has 0 aliphatic carbocycles. The van der Waals surface area contributed by atoms with Crippen LogP contribution >= 0.6 is 0 Å². The van der Waals surface area contributed by atoms with E-state index < -0.39 is 0 Å². The average molecular weight is 180 g/mol. The van der Waals surface area contributed by atoms with Crippen LogP contribution in [-0.4, -0.2) is 16.9 Å². The number of fused-ring (bicyclic) bond motifs is 1. The molecule has 0 N–H and O–H groups in total. The van der Waals surface area contributed by atoms with E-state index in [0.29, 0.717) is 16.8 Å². The lowest BCUT2D eigenvalue weighted by Gasteiger charge is -1.99. The number of aromatic nitrogens is 2. The van der Waals surface area contributed by atoms with Gasteiger partial charge >= 0.3 is 0 Å². The van der Waals surface area contributed by atoms with E-state index in [1.807, 2.05) is 0 Å². The van der Waals surface area contributed by atoms with E-state index in [1.54, 1.807) is 19.2 Å². The third kappa shape index (κ3) is 1.06. The van der Waals surface area contributed by atoms with Gasteiger partial charge in [-0.2, -0.15) is 5.10 Å². The molecule has 0 aliphatic rings. The lowest BCUT2D eigenvalue weighted by atomic mass is 10.2. The summed E-state index contributed by atoms with van der Waals surface area (Å²) in [5.41, 5.74) is 0.611. The van der Waals surface area contributed by atoms with Crippen molar-refractivity contribution in [3.63, 3.8) is 0 Å². The predicted octanol–water partition coefficient (Wildman–Crippen LogP) is 1.72. The van der Waals surface area contributed by atoms with Gasteiger partial charge in [0.25, 0.3) is 0 Å². The highest BCUT2D eigenvalue weighted by molar-refractivity contribution is 5.84. The van der Waals surface area contributed by atoms with Crippen LogP contribution < -0.4 is 4.74 Å². The van der Waals surface area contributed by atoms with Crippen LogP contribution in [0.1, 0.15) is 0 Å². The zero-order valence-corrected chi connectivity index (χ0v) is 7.41. The van der Waals surface area contributed by atoms with Crippen LogP contribution in [0.15, 0.2) is 18.2 Å². The van der Waals surface area contributed by atoms with Gasteiger partial charge in [-0.25, -0.2) is 9.07 Å². The summed E-state index contributed by atoms with van der Waals surface area (Å²) in [6, 6.07) is 4.78. The van der Waals surface area contributed by atoms with Gasteiger partial charge in [0.2, 0.25) is 5.88 Å². The zero-order chi connectivity index (χ0) is 9.42. The minimum atomic E-state index is -0.303. The van der Waals surface area contributed by atoms with Crippen LogP contribution in [0.3, 0.4) is 0 Å². The molecule has 0 amide bonds. The zero-order valence-electron chi connectivity index (χ0n) is 7.41. The van der Waals surface area contributed by atoms with Gasteiger partial charge in [-0.3, -0.25) is 0 Å². The van der Waals surface area contributed by atoms with E-state index in [4.69, 9.17) is 4.74 Å². The summed E-state index contributed by atoms with van der Waals surface area (Å²) in [6.07, 6.45) is 0. The molecule has 4 heteroatoms. The molecule has 2 rings (SSSR count). The van der Waals surface area contributed by atoms with E-state index in [9.17, 15) is 4.39 Å². The fraction of sp³-hybridized carbons (Fsp3) is 0.222. The Morgan fingerprint density at radius 2 is 2.23 bits per heavy atom. The Balaban J connectivity index is 2.88. The highest BCUT2D eigenvalue weighted by Gasteiger charge is 2.12. The normalized spacial score (nSPS) is 10.7. The molecule has 0 atom stereocenters. The van der Waals surface area contributed by atoms with E-state index in [-0.39, 0.29) is 5.82 Å². The van der Waals surface area contributed by atoms with Crippen molar-refractivity contribution in [1.29, 1.82) is 0 Å². The number of benzene rings is 1. The molecule has 0 spiro atoms. The third-order valence-electron chi connectivity index (χ3n) is 1.95. The smallest absolute Gasteiger partial charge is 0.222 e. The number of methoxy groups -OCH3 is 1. The minimum Gasteiger partial charge on any atom is -0.481 e. The van der Waals surface area contributed by atoms with Crippen molar-refractivity contribution in [2.45, 2.75) is 0 Å². The Hall–Kier alpha value is -1.58. The molecule has 13 heavy (non-hydrogen) atoms. The molecule has 0 saturated carbocycles. The van der Waals surface area contributed by atoms with Crippen molar-refractivity contribution in [2.75, 3.05) is 7.11 Å². The van der Waals surface area contributed by atoms with E-state index in [0.717, 1.165) is 0 Å². The molecule has 3 nitrogen and oxygen atoms in total. The fourth-order valence-corrected chi connectivity index (χ4v) is 1.41. The highest BCUT2D eigenvalue weighted by atomic mass is 19.1. The average Bonchev–Trinajstić information content (AvgIpc) is 2.42. The molecule has 68 valence electrons. The summed E-state index contributed by atoms with van der Waals surface area (Å²) in [7, 11) is 3.22. The van der Waals surface area contributed by atoms with Gasteiger partial charge in [-0.15, -0.1) is 0 Å². The first-order valence-electron chi connectivity index (χ1n) is 3.89. The van der Waals surface area contributed by atoms with Crippen LogP contribution in [0.25, 0.3) is 10.9 Å². The Morgan fingerprint density at radius 3 is 2.92 bits per heavy atom. The maximum atomic E-state index is 13.3. The van der Waals surface area contributed by atoms with Crippen LogP contribution in [0.4, 0.5) is 4.39 Å². The van der Waals surface area contributed by atoms with Crippen molar-refractivity contribution < 1.29 is 9.13 Å². The molecule has 1 aromatic carbocycles. The molecule has 0 aliphatic heterocycles. The molecule has 0 radical (unpaired) electrons. The van der Waals surface area contributed by atoms with Crippen molar-refractivity contribution in [2.24, 2.45) is 7.05 Å². The summed E-state index contributed by atoms with van der Waals surface area (Å²) in [5, 5.41) is 4.53. The second-order valence-electron chi connectivity index (χ2n) is 2.77. The fourth-order valence-electron chi connectivity index (χ4n) is 1.41. The second kappa shape index (κ2) is 2.73.